The molecule has 26 heavy (non-hydrogen) atoms. The largest absolute Gasteiger partial charge is 0.481 e. The Morgan fingerprint density at radius 1 is 1.23 bits per heavy atom. The van der Waals surface area contributed by atoms with Crippen LogP contribution in [-0.4, -0.2) is 33.7 Å². The van der Waals surface area contributed by atoms with E-state index in [9.17, 15) is 4.79 Å². The van der Waals surface area contributed by atoms with Crippen LogP contribution in [0, 0.1) is 0 Å². The maximum Gasteiger partial charge on any atom is 0.410 e. The second kappa shape index (κ2) is 7.19. The van der Waals surface area contributed by atoms with Crippen LogP contribution in [0.2, 0.25) is 0 Å². The fraction of sp³-hybridized carbons (Fsp3) is 0.421. The lowest BCUT2D eigenvalue weighted by atomic mass is 10.1. The predicted molar refractivity (Wildman–Crippen MR) is 97.8 cm³/mol. The fourth-order valence-corrected chi connectivity index (χ4v) is 2.74. The third-order valence-corrected chi connectivity index (χ3v) is 3.93. The van der Waals surface area contributed by atoms with Crippen LogP contribution in [-0.2, 0) is 24.4 Å². The molecule has 7 nitrogen and oxygen atoms in total. The summed E-state index contributed by atoms with van der Waals surface area (Å²) in [6, 6.07) is 7.91. The molecule has 1 aromatic heterocycles. The summed E-state index contributed by atoms with van der Waals surface area (Å²) in [5, 5.41) is 3.18. The van der Waals surface area contributed by atoms with Gasteiger partial charge in [-0.05, 0) is 37.5 Å². The lowest BCUT2D eigenvalue weighted by Gasteiger charge is -2.24. The van der Waals surface area contributed by atoms with Crippen molar-refractivity contribution in [3.8, 4) is 5.88 Å². The van der Waals surface area contributed by atoms with Crippen molar-refractivity contribution < 1.29 is 14.3 Å². The minimum atomic E-state index is -0.488. The summed E-state index contributed by atoms with van der Waals surface area (Å²) in [6.45, 7) is 7.35. The van der Waals surface area contributed by atoms with E-state index in [1.165, 1.54) is 0 Å². The maximum absolute atomic E-state index is 12.2. The summed E-state index contributed by atoms with van der Waals surface area (Å²) in [5.41, 5.74) is 2.90. The zero-order valence-corrected chi connectivity index (χ0v) is 15.6. The van der Waals surface area contributed by atoms with Crippen molar-refractivity contribution in [3.63, 3.8) is 0 Å². The van der Waals surface area contributed by atoms with Gasteiger partial charge in [-0.15, -0.1) is 0 Å². The second-order valence-electron chi connectivity index (χ2n) is 7.22. The molecule has 1 aliphatic rings. The Morgan fingerprint density at radius 2 is 2.00 bits per heavy atom. The zero-order chi connectivity index (χ0) is 18.7. The number of carbonyl (C=O) groups excluding carboxylic acids is 1. The topological polar surface area (TPSA) is 76.6 Å². The lowest BCUT2D eigenvalue weighted by Crippen LogP contribution is -2.33. The van der Waals surface area contributed by atoms with E-state index in [0.29, 0.717) is 31.5 Å². The van der Waals surface area contributed by atoms with Gasteiger partial charge >= 0.3 is 6.09 Å². The number of amides is 1. The van der Waals surface area contributed by atoms with Gasteiger partial charge in [-0.3, -0.25) is 4.90 Å². The molecule has 1 amide bonds. The first-order chi connectivity index (χ1) is 12.3. The predicted octanol–water partition coefficient (Wildman–Crippen LogP) is 3.35. The van der Waals surface area contributed by atoms with Crippen LogP contribution in [0.4, 0.5) is 10.7 Å². The molecule has 0 bridgehead atoms. The first-order valence-electron chi connectivity index (χ1n) is 8.53. The monoisotopic (exact) mass is 356 g/mol. The Bertz CT molecular complexity index is 802. The molecule has 7 heteroatoms. The van der Waals surface area contributed by atoms with Gasteiger partial charge in [0, 0.05) is 31.9 Å². The molecule has 0 saturated carbocycles. The highest BCUT2D eigenvalue weighted by molar-refractivity contribution is 5.69. The standard InChI is InChI=1S/C19H24N4O3/c1-19(2,3)26-18(24)23-11-14-6-5-13(9-15(14)12-23)10-21-17-20-8-7-16(22-17)25-4/h5-9H,10-12H2,1-4H3,(H,20,21,22). The second-order valence-corrected chi connectivity index (χ2v) is 7.22. The smallest absolute Gasteiger partial charge is 0.410 e. The first-order valence-corrected chi connectivity index (χ1v) is 8.53. The zero-order valence-electron chi connectivity index (χ0n) is 15.6. The van der Waals surface area contributed by atoms with Crippen molar-refractivity contribution in [2.75, 3.05) is 12.4 Å². The molecule has 0 saturated heterocycles. The number of aromatic nitrogens is 2. The van der Waals surface area contributed by atoms with Crippen LogP contribution < -0.4 is 10.1 Å². The number of ether oxygens (including phenoxy) is 2. The number of methoxy groups -OCH3 is 1. The Balaban J connectivity index is 1.62. The molecule has 1 aromatic carbocycles. The number of anilines is 1. The third-order valence-electron chi connectivity index (χ3n) is 3.93. The number of benzene rings is 1. The van der Waals surface area contributed by atoms with E-state index in [1.807, 2.05) is 26.8 Å². The van der Waals surface area contributed by atoms with Gasteiger partial charge in [-0.2, -0.15) is 4.98 Å². The molecular weight excluding hydrogens is 332 g/mol. The minimum Gasteiger partial charge on any atom is -0.481 e. The molecule has 3 rings (SSSR count). The van der Waals surface area contributed by atoms with E-state index in [4.69, 9.17) is 9.47 Å². The van der Waals surface area contributed by atoms with E-state index in [1.54, 1.807) is 24.3 Å². The van der Waals surface area contributed by atoms with Gasteiger partial charge in [0.2, 0.25) is 11.8 Å². The number of hydrogen-bond donors (Lipinski definition) is 1. The van der Waals surface area contributed by atoms with E-state index >= 15 is 0 Å². The van der Waals surface area contributed by atoms with Crippen LogP contribution in [0.25, 0.3) is 0 Å². The van der Waals surface area contributed by atoms with Gasteiger partial charge in [-0.25, -0.2) is 9.78 Å². The first kappa shape index (κ1) is 18.0. The molecule has 0 radical (unpaired) electrons. The fourth-order valence-electron chi connectivity index (χ4n) is 2.74. The molecule has 1 aliphatic heterocycles. The summed E-state index contributed by atoms with van der Waals surface area (Å²) in [6.07, 6.45) is 1.37. The highest BCUT2D eigenvalue weighted by Gasteiger charge is 2.27. The minimum absolute atomic E-state index is 0.279. The molecule has 2 heterocycles. The average Bonchev–Trinajstić information content (AvgIpc) is 3.02. The van der Waals surface area contributed by atoms with Gasteiger partial charge in [0.05, 0.1) is 7.11 Å². The van der Waals surface area contributed by atoms with E-state index in [0.717, 1.165) is 16.7 Å². The number of nitrogens with one attached hydrogen (secondary N) is 1. The van der Waals surface area contributed by atoms with Crippen LogP contribution in [0.3, 0.4) is 0 Å². The number of hydrogen-bond acceptors (Lipinski definition) is 6. The van der Waals surface area contributed by atoms with Crippen molar-refractivity contribution >= 4 is 12.0 Å². The molecule has 138 valence electrons. The Kier molecular flexibility index (Phi) is 4.97. The van der Waals surface area contributed by atoms with Crippen LogP contribution in [0.1, 0.15) is 37.5 Å². The number of carbonyl (C=O) groups is 1. The number of fused-ring (bicyclic) bond motifs is 1. The Labute approximate surface area is 153 Å². The van der Waals surface area contributed by atoms with Gasteiger partial charge in [0.15, 0.2) is 0 Å². The molecule has 0 atom stereocenters. The summed E-state index contributed by atoms with van der Waals surface area (Å²) >= 11 is 0. The normalized spacial score (nSPS) is 13.3. The summed E-state index contributed by atoms with van der Waals surface area (Å²) < 4.78 is 10.6. The van der Waals surface area contributed by atoms with E-state index in [-0.39, 0.29) is 6.09 Å². The number of nitrogens with zero attached hydrogens (tertiary/aromatic N) is 3. The summed E-state index contributed by atoms with van der Waals surface area (Å²) in [7, 11) is 1.57. The van der Waals surface area contributed by atoms with Crippen molar-refractivity contribution in [3.05, 3.63) is 47.2 Å². The quantitative estimate of drug-likeness (QED) is 0.905. The van der Waals surface area contributed by atoms with E-state index in [2.05, 4.69) is 27.4 Å². The Hall–Kier alpha value is -2.83. The molecule has 0 fully saturated rings. The molecule has 1 N–H and O–H groups in total. The van der Waals surface area contributed by atoms with Gasteiger partial charge in [0.25, 0.3) is 0 Å². The van der Waals surface area contributed by atoms with Crippen molar-refractivity contribution in [2.24, 2.45) is 0 Å². The van der Waals surface area contributed by atoms with Gasteiger partial charge in [0.1, 0.15) is 5.60 Å². The van der Waals surface area contributed by atoms with Gasteiger partial charge < -0.3 is 14.8 Å². The van der Waals surface area contributed by atoms with Crippen LogP contribution in [0.15, 0.2) is 30.5 Å². The molecule has 2 aromatic rings. The molecule has 0 aliphatic carbocycles. The van der Waals surface area contributed by atoms with Gasteiger partial charge in [-0.1, -0.05) is 18.2 Å². The van der Waals surface area contributed by atoms with Crippen LogP contribution in [0.5, 0.6) is 5.88 Å². The SMILES string of the molecule is COc1ccnc(NCc2ccc3c(c2)CN(C(=O)OC(C)(C)C)C3)n1. The maximum atomic E-state index is 12.2. The van der Waals surface area contributed by atoms with E-state index < -0.39 is 5.60 Å². The number of rotatable bonds is 4. The molecular formula is C19H24N4O3. The molecule has 0 unspecified atom stereocenters. The van der Waals surface area contributed by atoms with Crippen molar-refractivity contribution in [1.82, 2.24) is 14.9 Å². The average molecular weight is 356 g/mol. The van der Waals surface area contributed by atoms with Crippen molar-refractivity contribution in [1.29, 1.82) is 0 Å². The molecule has 0 spiro atoms. The third kappa shape index (κ3) is 4.41. The summed E-state index contributed by atoms with van der Waals surface area (Å²) in [5.74, 6) is 1.03. The summed E-state index contributed by atoms with van der Waals surface area (Å²) in [4.78, 5) is 22.4. The van der Waals surface area contributed by atoms with Crippen molar-refractivity contribution in [2.45, 2.75) is 46.0 Å². The Morgan fingerprint density at radius 3 is 2.73 bits per heavy atom. The highest BCUT2D eigenvalue weighted by Crippen LogP contribution is 2.26. The van der Waals surface area contributed by atoms with Crippen LogP contribution >= 0.6 is 0 Å². The highest BCUT2D eigenvalue weighted by atomic mass is 16.6. The lowest BCUT2D eigenvalue weighted by molar-refractivity contribution is 0.0242.